The first-order chi connectivity index (χ1) is 4.95. The number of hydrogen-bond donors (Lipinski definition) is 2. The van der Waals surface area contributed by atoms with E-state index in [0.29, 0.717) is 0 Å². The van der Waals surface area contributed by atoms with Crippen molar-refractivity contribution in [1.82, 2.24) is 10.0 Å². The van der Waals surface area contributed by atoms with E-state index in [1.807, 2.05) is 0 Å². The first kappa shape index (κ1) is 10.5. The molecular formula is C4H9ClN2O3S. The number of urea groups is 1. The van der Waals surface area contributed by atoms with Gasteiger partial charge in [0.2, 0.25) is 10.0 Å². The summed E-state index contributed by atoms with van der Waals surface area (Å²) in [4.78, 5) is 10.6. The predicted octanol–water partition coefficient (Wildman–Crippen LogP) is -0.516. The number of rotatable bonds is 3. The van der Waals surface area contributed by atoms with Crippen molar-refractivity contribution < 1.29 is 13.2 Å². The van der Waals surface area contributed by atoms with Crippen molar-refractivity contribution in [3.05, 3.63) is 0 Å². The van der Waals surface area contributed by atoms with Crippen molar-refractivity contribution in [3.63, 3.8) is 0 Å². The zero-order valence-electron chi connectivity index (χ0n) is 5.93. The zero-order valence-corrected chi connectivity index (χ0v) is 7.50. The quantitative estimate of drug-likeness (QED) is 0.603. The summed E-state index contributed by atoms with van der Waals surface area (Å²) in [6.45, 7) is 0.239. The zero-order chi connectivity index (χ0) is 8.91. The molecule has 2 N–H and O–H groups in total. The third-order valence-corrected chi connectivity index (χ3v) is 1.40. The van der Waals surface area contributed by atoms with Crippen LogP contribution >= 0.6 is 11.6 Å². The molecule has 0 aromatic heterocycles. The summed E-state index contributed by atoms with van der Waals surface area (Å²) in [5.41, 5.74) is 0. The molecule has 7 heteroatoms. The predicted molar refractivity (Wildman–Crippen MR) is 42.1 cm³/mol. The smallest absolute Gasteiger partial charge is 0.328 e. The highest BCUT2D eigenvalue weighted by Crippen LogP contribution is 1.75. The largest absolute Gasteiger partial charge is 0.336 e. The Morgan fingerprint density at radius 2 is 2.09 bits per heavy atom. The molecule has 0 aliphatic rings. The molecule has 0 radical (unpaired) electrons. The molecule has 0 aromatic carbocycles. The summed E-state index contributed by atoms with van der Waals surface area (Å²) in [5.74, 6) is 0.247. The van der Waals surface area contributed by atoms with Crippen LogP contribution in [0.2, 0.25) is 0 Å². The van der Waals surface area contributed by atoms with Crippen LogP contribution in [0.4, 0.5) is 4.79 Å². The van der Waals surface area contributed by atoms with Gasteiger partial charge in [-0.1, -0.05) is 0 Å². The van der Waals surface area contributed by atoms with Crippen LogP contribution in [0.1, 0.15) is 0 Å². The molecule has 11 heavy (non-hydrogen) atoms. The molecule has 0 atom stereocenters. The van der Waals surface area contributed by atoms with Crippen molar-refractivity contribution in [2.24, 2.45) is 0 Å². The molecule has 0 aromatic rings. The van der Waals surface area contributed by atoms with Crippen LogP contribution in [-0.4, -0.2) is 33.1 Å². The van der Waals surface area contributed by atoms with Crippen molar-refractivity contribution in [2.45, 2.75) is 0 Å². The minimum Gasteiger partial charge on any atom is -0.336 e. The van der Waals surface area contributed by atoms with Crippen LogP contribution in [0.3, 0.4) is 0 Å². The maximum atomic E-state index is 10.6. The van der Waals surface area contributed by atoms with Crippen molar-refractivity contribution in [1.29, 1.82) is 0 Å². The lowest BCUT2D eigenvalue weighted by atomic mass is 10.7. The Kier molecular flexibility index (Phi) is 4.20. The Bertz CT molecular complexity index is 225. The maximum absolute atomic E-state index is 10.6. The number of sulfonamides is 1. The van der Waals surface area contributed by atoms with Crippen LogP contribution in [0, 0.1) is 0 Å². The Hall–Kier alpha value is -0.490. The normalized spacial score (nSPS) is 10.7. The SMILES string of the molecule is CS(=O)(=O)NC(=O)NCCCl. The third kappa shape index (κ3) is 7.41. The second-order valence-corrected chi connectivity index (χ2v) is 3.95. The van der Waals surface area contributed by atoms with E-state index in [1.165, 1.54) is 0 Å². The Balaban J connectivity index is 3.71. The monoisotopic (exact) mass is 200 g/mol. The minimum absolute atomic E-state index is 0.239. The molecule has 66 valence electrons. The lowest BCUT2D eigenvalue weighted by Crippen LogP contribution is -2.39. The highest BCUT2D eigenvalue weighted by molar-refractivity contribution is 7.89. The summed E-state index contributed by atoms with van der Waals surface area (Å²) >= 11 is 5.22. The molecule has 0 saturated heterocycles. The van der Waals surface area contributed by atoms with Gasteiger partial charge in [-0.2, -0.15) is 0 Å². The number of amides is 2. The molecule has 0 spiro atoms. The van der Waals surface area contributed by atoms with Gasteiger partial charge in [0, 0.05) is 12.4 Å². The van der Waals surface area contributed by atoms with Gasteiger partial charge in [0.1, 0.15) is 0 Å². The lowest BCUT2D eigenvalue weighted by molar-refractivity contribution is 0.246. The third-order valence-electron chi connectivity index (χ3n) is 0.658. The molecule has 0 bridgehead atoms. The van der Waals surface area contributed by atoms with Gasteiger partial charge in [-0.05, 0) is 0 Å². The van der Waals surface area contributed by atoms with Gasteiger partial charge in [0.15, 0.2) is 0 Å². The Morgan fingerprint density at radius 1 is 1.55 bits per heavy atom. The van der Waals surface area contributed by atoms with E-state index in [4.69, 9.17) is 11.6 Å². The summed E-state index contributed by atoms with van der Waals surface area (Å²) in [6.07, 6.45) is 0.896. The van der Waals surface area contributed by atoms with Crippen LogP contribution in [0.5, 0.6) is 0 Å². The standard InChI is InChI=1S/C4H9ClN2O3S/c1-11(9,10)7-4(8)6-3-2-5/h2-3H2,1H3,(H2,6,7,8). The highest BCUT2D eigenvalue weighted by Gasteiger charge is 2.05. The van der Waals surface area contributed by atoms with Gasteiger partial charge in [0.05, 0.1) is 6.26 Å². The number of carbonyl (C=O) groups excluding carboxylic acids is 1. The van der Waals surface area contributed by atoms with Gasteiger partial charge >= 0.3 is 6.03 Å². The fourth-order valence-electron chi connectivity index (χ4n) is 0.365. The van der Waals surface area contributed by atoms with Crippen LogP contribution in [-0.2, 0) is 10.0 Å². The molecular weight excluding hydrogens is 192 g/mol. The first-order valence-electron chi connectivity index (χ1n) is 2.77. The average Bonchev–Trinajstić information content (AvgIpc) is 1.79. The van der Waals surface area contributed by atoms with E-state index in [9.17, 15) is 13.2 Å². The number of carbonyl (C=O) groups is 1. The minimum atomic E-state index is -3.46. The molecule has 5 nitrogen and oxygen atoms in total. The topological polar surface area (TPSA) is 75.3 Å². The molecule has 0 saturated carbocycles. The summed E-state index contributed by atoms with van der Waals surface area (Å²) in [6, 6.07) is -0.756. The number of hydrogen-bond acceptors (Lipinski definition) is 3. The fraction of sp³-hybridized carbons (Fsp3) is 0.750. The second-order valence-electron chi connectivity index (χ2n) is 1.82. The Morgan fingerprint density at radius 3 is 2.45 bits per heavy atom. The van der Waals surface area contributed by atoms with Crippen LogP contribution in [0.25, 0.3) is 0 Å². The average molecular weight is 201 g/mol. The van der Waals surface area contributed by atoms with Crippen LogP contribution in [0.15, 0.2) is 0 Å². The molecule has 2 amide bonds. The highest BCUT2D eigenvalue weighted by atomic mass is 35.5. The van der Waals surface area contributed by atoms with E-state index in [0.717, 1.165) is 6.26 Å². The van der Waals surface area contributed by atoms with E-state index in [-0.39, 0.29) is 12.4 Å². The van der Waals surface area contributed by atoms with Gasteiger partial charge < -0.3 is 5.32 Å². The van der Waals surface area contributed by atoms with Crippen molar-refractivity contribution >= 4 is 27.7 Å². The summed E-state index contributed by atoms with van der Waals surface area (Å²) < 4.78 is 22.5. The van der Waals surface area contributed by atoms with Gasteiger partial charge in [-0.25, -0.2) is 17.9 Å². The first-order valence-corrected chi connectivity index (χ1v) is 5.20. The van der Waals surface area contributed by atoms with E-state index in [1.54, 1.807) is 4.72 Å². The van der Waals surface area contributed by atoms with Crippen molar-refractivity contribution in [3.8, 4) is 0 Å². The van der Waals surface area contributed by atoms with Gasteiger partial charge in [0.25, 0.3) is 0 Å². The van der Waals surface area contributed by atoms with Gasteiger partial charge in [-0.15, -0.1) is 11.6 Å². The molecule has 0 rings (SSSR count). The maximum Gasteiger partial charge on any atom is 0.328 e. The van der Waals surface area contributed by atoms with Crippen molar-refractivity contribution in [2.75, 3.05) is 18.7 Å². The lowest BCUT2D eigenvalue weighted by Gasteiger charge is -2.02. The molecule has 0 unspecified atom stereocenters. The van der Waals surface area contributed by atoms with Gasteiger partial charge in [-0.3, -0.25) is 0 Å². The number of alkyl halides is 1. The fourth-order valence-corrected chi connectivity index (χ4v) is 0.869. The van der Waals surface area contributed by atoms with E-state index >= 15 is 0 Å². The summed E-state index contributed by atoms with van der Waals surface area (Å²) in [7, 11) is -3.46. The second kappa shape index (κ2) is 4.40. The molecule has 0 aliphatic heterocycles. The number of halogens is 1. The molecule has 0 aliphatic carbocycles. The Labute approximate surface area is 70.2 Å². The van der Waals surface area contributed by atoms with E-state index < -0.39 is 16.1 Å². The molecule has 0 fully saturated rings. The summed E-state index contributed by atoms with van der Waals surface area (Å²) in [5, 5.41) is 2.23. The molecule has 0 heterocycles. The van der Waals surface area contributed by atoms with E-state index in [2.05, 4.69) is 5.32 Å². The van der Waals surface area contributed by atoms with Crippen LogP contribution < -0.4 is 10.0 Å². The number of nitrogens with one attached hydrogen (secondary N) is 2.